The van der Waals surface area contributed by atoms with Gasteiger partial charge >= 0.3 is 5.97 Å². The monoisotopic (exact) mass is 748 g/mol. The van der Waals surface area contributed by atoms with Gasteiger partial charge in [-0.25, -0.2) is 4.68 Å². The average Bonchev–Trinajstić information content (AvgIpc) is 3.85. The number of aliphatic hydroxyl groups is 1. The Hall–Kier alpha value is -4.40. The molecule has 3 fully saturated rings. The Bertz CT molecular complexity index is 1750. The van der Waals surface area contributed by atoms with E-state index in [0.717, 1.165) is 5.52 Å². The van der Waals surface area contributed by atoms with Crippen LogP contribution in [0.4, 0.5) is 0 Å². The number of hydrogen-bond donors (Lipinski definition) is 2. The molecule has 2 N–H and O–H groups in total. The van der Waals surface area contributed by atoms with Gasteiger partial charge in [-0.15, -0.1) is 18.3 Å². The van der Waals surface area contributed by atoms with Crippen LogP contribution in [0.2, 0.25) is 0 Å². The standard InChI is InChI=1S/C36H41BrN6O7/c1-3-5-16-28(45)38-21-27(23-12-7-6-8-13-23)49-35(48)29-30-33(46)42(18-11-19-44)32(36(30)20-24(37)31(29)50-36)34(47)41(17-4-2)22-43-26-15-10-9-14-25(26)39-40-43/h3-4,6-10,12-15,24,27,29-32,44H,1-2,5,11,16-22H2,(H,38,45)/t24?,27-,29+,30-,31+,32+,36-/m1/s1. The molecule has 0 saturated carbocycles. The number of hydrogen-bond acceptors (Lipinski definition) is 9. The number of fused-ring (bicyclic) bond motifs is 2. The lowest BCUT2D eigenvalue weighted by Crippen LogP contribution is -2.57. The van der Waals surface area contributed by atoms with Gasteiger partial charge in [-0.2, -0.15) is 0 Å². The van der Waals surface area contributed by atoms with Crippen LogP contribution in [0.3, 0.4) is 0 Å². The summed E-state index contributed by atoms with van der Waals surface area (Å²) >= 11 is 3.70. The van der Waals surface area contributed by atoms with E-state index in [0.29, 0.717) is 23.9 Å². The van der Waals surface area contributed by atoms with E-state index in [1.807, 2.05) is 42.5 Å². The Labute approximate surface area is 298 Å². The van der Waals surface area contributed by atoms with Crippen molar-refractivity contribution in [1.29, 1.82) is 0 Å². The molecule has 6 rings (SSSR count). The Morgan fingerprint density at radius 2 is 1.92 bits per heavy atom. The van der Waals surface area contributed by atoms with Crippen LogP contribution >= 0.6 is 15.9 Å². The van der Waals surface area contributed by atoms with E-state index in [4.69, 9.17) is 9.47 Å². The molecule has 264 valence electrons. The van der Waals surface area contributed by atoms with E-state index >= 15 is 0 Å². The average molecular weight is 750 g/mol. The summed E-state index contributed by atoms with van der Waals surface area (Å²) < 4.78 is 14.4. The number of carbonyl (C=O) groups excluding carboxylic acids is 4. The number of rotatable bonds is 16. The van der Waals surface area contributed by atoms with Crippen LogP contribution < -0.4 is 5.32 Å². The van der Waals surface area contributed by atoms with Gasteiger partial charge in [-0.1, -0.05) is 75.8 Å². The quantitative estimate of drug-likeness (QED) is 0.128. The summed E-state index contributed by atoms with van der Waals surface area (Å²) in [5.41, 5.74) is 0.743. The van der Waals surface area contributed by atoms with E-state index in [9.17, 15) is 24.3 Å². The van der Waals surface area contributed by atoms with Gasteiger partial charge in [0.25, 0.3) is 0 Å². The number of likely N-dealkylation sites (tertiary alicyclic amines) is 1. The fourth-order valence-electron chi connectivity index (χ4n) is 7.53. The van der Waals surface area contributed by atoms with E-state index < -0.39 is 53.5 Å². The van der Waals surface area contributed by atoms with Gasteiger partial charge in [0.15, 0.2) is 0 Å². The Morgan fingerprint density at radius 3 is 2.66 bits per heavy atom. The Morgan fingerprint density at radius 1 is 1.16 bits per heavy atom. The van der Waals surface area contributed by atoms with Gasteiger partial charge in [0.2, 0.25) is 17.7 Å². The third-order valence-electron chi connectivity index (χ3n) is 9.73. The fourth-order valence-corrected chi connectivity index (χ4v) is 8.47. The summed E-state index contributed by atoms with van der Waals surface area (Å²) in [6, 6.07) is 15.4. The highest BCUT2D eigenvalue weighted by Gasteiger charge is 2.77. The molecule has 2 bridgehead atoms. The van der Waals surface area contributed by atoms with Crippen LogP contribution in [0.15, 0.2) is 79.9 Å². The summed E-state index contributed by atoms with van der Waals surface area (Å²) in [6.07, 6.45) is 2.97. The van der Waals surface area contributed by atoms with E-state index in [1.54, 1.807) is 33.9 Å². The summed E-state index contributed by atoms with van der Waals surface area (Å²) in [7, 11) is 0. The van der Waals surface area contributed by atoms with Crippen molar-refractivity contribution < 1.29 is 33.8 Å². The lowest BCUT2D eigenvalue weighted by molar-refractivity contribution is -0.160. The van der Waals surface area contributed by atoms with Crippen LogP contribution in [0.25, 0.3) is 11.0 Å². The molecule has 0 aliphatic carbocycles. The van der Waals surface area contributed by atoms with Crippen LogP contribution in [0.1, 0.15) is 37.4 Å². The maximum absolute atomic E-state index is 14.7. The molecule has 2 aromatic carbocycles. The largest absolute Gasteiger partial charge is 0.455 e. The lowest BCUT2D eigenvalue weighted by atomic mass is 9.70. The normalized spacial score (nSPS) is 25.7. The molecule has 3 aliphatic rings. The second kappa shape index (κ2) is 15.2. The molecule has 3 saturated heterocycles. The number of halogens is 1. The zero-order valence-corrected chi connectivity index (χ0v) is 29.2. The molecule has 0 radical (unpaired) electrons. The molecule has 13 nitrogen and oxygen atoms in total. The third-order valence-corrected chi connectivity index (χ3v) is 10.6. The number of amides is 3. The van der Waals surface area contributed by atoms with Crippen molar-refractivity contribution in [2.75, 3.05) is 26.2 Å². The maximum Gasteiger partial charge on any atom is 0.313 e. The lowest BCUT2D eigenvalue weighted by Gasteiger charge is -2.37. The van der Waals surface area contributed by atoms with Gasteiger partial charge in [0.1, 0.15) is 29.9 Å². The minimum Gasteiger partial charge on any atom is -0.455 e. The molecule has 14 heteroatoms. The van der Waals surface area contributed by atoms with Gasteiger partial charge < -0.3 is 29.7 Å². The highest BCUT2D eigenvalue weighted by atomic mass is 79.9. The summed E-state index contributed by atoms with van der Waals surface area (Å²) in [5, 5.41) is 21.1. The zero-order valence-electron chi connectivity index (χ0n) is 27.6. The zero-order chi connectivity index (χ0) is 35.4. The number of alkyl halides is 1. The first-order valence-electron chi connectivity index (χ1n) is 16.8. The van der Waals surface area contributed by atoms with Crippen molar-refractivity contribution in [3.05, 3.63) is 85.5 Å². The number of ether oxygens (including phenoxy) is 2. The molecule has 1 spiro atoms. The van der Waals surface area contributed by atoms with Gasteiger partial charge in [-0.3, -0.25) is 19.2 Å². The van der Waals surface area contributed by atoms with Crippen molar-refractivity contribution in [2.24, 2.45) is 11.8 Å². The number of benzene rings is 2. The molecule has 3 aliphatic heterocycles. The summed E-state index contributed by atoms with van der Waals surface area (Å²) in [5.74, 6) is -3.68. The second-order valence-corrected chi connectivity index (χ2v) is 14.0. The first kappa shape index (κ1) is 35.4. The maximum atomic E-state index is 14.7. The van der Waals surface area contributed by atoms with E-state index in [-0.39, 0.29) is 56.5 Å². The number of nitrogens with one attached hydrogen (secondary N) is 1. The minimum absolute atomic E-state index is 0.0304. The minimum atomic E-state index is -1.34. The smallest absolute Gasteiger partial charge is 0.313 e. The number of aromatic nitrogens is 3. The van der Waals surface area contributed by atoms with Gasteiger partial charge in [0, 0.05) is 30.9 Å². The second-order valence-electron chi connectivity index (χ2n) is 12.8. The highest BCUT2D eigenvalue weighted by Crippen LogP contribution is 2.60. The molecular formula is C36H41BrN6O7. The topological polar surface area (TPSA) is 156 Å². The number of allylic oxidation sites excluding steroid dienone is 1. The Kier molecular flexibility index (Phi) is 10.8. The predicted octanol–water partition coefficient (Wildman–Crippen LogP) is 2.90. The van der Waals surface area contributed by atoms with Crippen molar-refractivity contribution in [3.8, 4) is 0 Å². The molecule has 50 heavy (non-hydrogen) atoms. The molecule has 1 unspecified atom stereocenters. The fraction of sp³-hybridized carbons (Fsp3) is 0.444. The van der Waals surface area contributed by atoms with E-state index in [1.165, 1.54) is 4.90 Å². The first-order chi connectivity index (χ1) is 24.2. The predicted molar refractivity (Wildman–Crippen MR) is 186 cm³/mol. The van der Waals surface area contributed by atoms with Gasteiger partial charge in [0.05, 0.1) is 30.0 Å². The molecule has 7 atom stereocenters. The van der Waals surface area contributed by atoms with Crippen LogP contribution in [0, 0.1) is 11.8 Å². The summed E-state index contributed by atoms with van der Waals surface area (Å²) in [6.45, 7) is 7.62. The van der Waals surface area contributed by atoms with Crippen LogP contribution in [-0.2, 0) is 35.3 Å². The van der Waals surface area contributed by atoms with Gasteiger partial charge in [-0.05, 0) is 37.0 Å². The van der Waals surface area contributed by atoms with Crippen molar-refractivity contribution in [1.82, 2.24) is 30.1 Å². The third kappa shape index (κ3) is 6.59. The molecule has 1 aromatic heterocycles. The highest BCUT2D eigenvalue weighted by molar-refractivity contribution is 9.09. The van der Waals surface area contributed by atoms with E-state index in [2.05, 4.69) is 44.7 Å². The molecule has 4 heterocycles. The molecule has 3 amide bonds. The summed E-state index contributed by atoms with van der Waals surface area (Å²) in [4.78, 5) is 58.5. The Balaban J connectivity index is 1.30. The number of para-hydroxylation sites is 1. The number of carbonyl (C=O) groups is 4. The molecule has 3 aromatic rings. The van der Waals surface area contributed by atoms with Crippen molar-refractivity contribution in [3.63, 3.8) is 0 Å². The SMILES string of the molecule is C=CCCC(=O)NC[C@@H](OC(=O)[C@@H]1[C@H]2O[C@@]3(CC2Br)[C@H](C(=O)N(CC=C)Cn2nnc4ccccc42)N(CCCO)C(=O)[C@@H]13)c1ccccc1. The van der Waals surface area contributed by atoms with Crippen molar-refractivity contribution in [2.45, 2.75) is 61.0 Å². The van der Waals surface area contributed by atoms with Crippen LogP contribution in [0.5, 0.6) is 0 Å². The number of nitrogens with zero attached hydrogens (tertiary/aromatic N) is 5. The molecular weight excluding hydrogens is 708 g/mol. The number of esters is 1. The van der Waals surface area contributed by atoms with Crippen molar-refractivity contribution >= 4 is 50.7 Å². The first-order valence-corrected chi connectivity index (χ1v) is 17.7. The number of aliphatic hydroxyl groups excluding tert-OH is 1. The van der Waals surface area contributed by atoms with Crippen LogP contribution in [-0.4, -0.2) is 102 Å².